The molecule has 0 bridgehead atoms. The lowest BCUT2D eigenvalue weighted by molar-refractivity contribution is -0.140. The van der Waals surface area contributed by atoms with Gasteiger partial charge in [-0.05, 0) is 30.7 Å². The van der Waals surface area contributed by atoms with Crippen molar-refractivity contribution in [3.8, 4) is 0 Å². The number of carbonyl (C=O) groups is 1. The number of morpholine rings is 1. The SMILES string of the molecule is COC(=O)CCCN1CCO[C@@H](c2ccc(Cl)c(Cl)c2)C1. The van der Waals surface area contributed by atoms with Crippen molar-refractivity contribution in [2.45, 2.75) is 18.9 Å². The summed E-state index contributed by atoms with van der Waals surface area (Å²) in [6, 6.07) is 5.59. The Kier molecular flexibility index (Phi) is 6.30. The van der Waals surface area contributed by atoms with Gasteiger partial charge in [0.15, 0.2) is 0 Å². The van der Waals surface area contributed by atoms with Gasteiger partial charge in [-0.15, -0.1) is 0 Å². The molecule has 1 fully saturated rings. The summed E-state index contributed by atoms with van der Waals surface area (Å²) in [7, 11) is 1.41. The van der Waals surface area contributed by atoms with Gasteiger partial charge in [-0.25, -0.2) is 0 Å². The number of carbonyl (C=O) groups excluding carboxylic acids is 1. The Morgan fingerprint density at radius 1 is 1.43 bits per heavy atom. The number of nitrogens with zero attached hydrogens (tertiary/aromatic N) is 1. The Morgan fingerprint density at radius 2 is 2.24 bits per heavy atom. The number of halogens is 2. The first-order chi connectivity index (χ1) is 10.1. The smallest absolute Gasteiger partial charge is 0.305 e. The molecule has 0 amide bonds. The van der Waals surface area contributed by atoms with Gasteiger partial charge in [0.2, 0.25) is 0 Å². The van der Waals surface area contributed by atoms with Crippen molar-refractivity contribution in [2.24, 2.45) is 0 Å². The van der Waals surface area contributed by atoms with Crippen molar-refractivity contribution in [2.75, 3.05) is 33.4 Å². The van der Waals surface area contributed by atoms with Gasteiger partial charge in [-0.3, -0.25) is 9.69 Å². The van der Waals surface area contributed by atoms with Crippen LogP contribution in [0.15, 0.2) is 18.2 Å². The van der Waals surface area contributed by atoms with Crippen LogP contribution in [0.4, 0.5) is 0 Å². The topological polar surface area (TPSA) is 38.8 Å². The van der Waals surface area contributed by atoms with Crippen molar-refractivity contribution in [1.29, 1.82) is 0 Å². The van der Waals surface area contributed by atoms with Gasteiger partial charge in [-0.1, -0.05) is 29.3 Å². The molecule has 0 saturated carbocycles. The fourth-order valence-corrected chi connectivity index (χ4v) is 2.68. The van der Waals surface area contributed by atoms with E-state index in [9.17, 15) is 4.79 Å². The minimum absolute atomic E-state index is 0.00774. The summed E-state index contributed by atoms with van der Waals surface area (Å²) in [4.78, 5) is 13.4. The lowest BCUT2D eigenvalue weighted by Crippen LogP contribution is -2.39. The molecule has 1 atom stereocenters. The zero-order chi connectivity index (χ0) is 15.2. The van der Waals surface area contributed by atoms with E-state index in [1.54, 1.807) is 6.07 Å². The van der Waals surface area contributed by atoms with E-state index in [2.05, 4.69) is 9.64 Å². The minimum Gasteiger partial charge on any atom is -0.469 e. The maximum atomic E-state index is 11.1. The summed E-state index contributed by atoms with van der Waals surface area (Å²) >= 11 is 12.0. The summed E-state index contributed by atoms with van der Waals surface area (Å²) < 4.78 is 10.4. The molecular formula is C15H19Cl2NO3. The first-order valence-electron chi connectivity index (χ1n) is 6.96. The van der Waals surface area contributed by atoms with Gasteiger partial charge in [0.1, 0.15) is 0 Å². The fourth-order valence-electron chi connectivity index (χ4n) is 2.37. The van der Waals surface area contributed by atoms with Crippen LogP contribution >= 0.6 is 23.2 Å². The molecule has 21 heavy (non-hydrogen) atoms. The Balaban J connectivity index is 1.88. The number of hydrogen-bond donors (Lipinski definition) is 0. The van der Waals surface area contributed by atoms with Crippen LogP contribution < -0.4 is 0 Å². The molecule has 0 unspecified atom stereocenters. The van der Waals surface area contributed by atoms with Gasteiger partial charge in [0.05, 0.1) is 29.9 Å². The lowest BCUT2D eigenvalue weighted by Gasteiger charge is -2.33. The summed E-state index contributed by atoms with van der Waals surface area (Å²) in [6.45, 7) is 3.19. The molecule has 1 aromatic carbocycles. The zero-order valence-electron chi connectivity index (χ0n) is 12.0. The Morgan fingerprint density at radius 3 is 2.95 bits per heavy atom. The van der Waals surface area contributed by atoms with Gasteiger partial charge in [-0.2, -0.15) is 0 Å². The molecule has 0 aliphatic carbocycles. The lowest BCUT2D eigenvalue weighted by atomic mass is 10.1. The first-order valence-corrected chi connectivity index (χ1v) is 7.71. The third kappa shape index (κ3) is 4.85. The molecule has 0 N–H and O–H groups in total. The molecule has 0 spiro atoms. The van der Waals surface area contributed by atoms with Gasteiger partial charge in [0, 0.05) is 19.5 Å². The van der Waals surface area contributed by atoms with Crippen LogP contribution in [0.5, 0.6) is 0 Å². The summed E-state index contributed by atoms with van der Waals surface area (Å²) in [5.41, 5.74) is 1.03. The van der Waals surface area contributed by atoms with Crippen LogP contribution in [0, 0.1) is 0 Å². The molecule has 1 heterocycles. The number of rotatable bonds is 5. The molecule has 4 nitrogen and oxygen atoms in total. The van der Waals surface area contributed by atoms with E-state index < -0.39 is 0 Å². The van der Waals surface area contributed by atoms with Crippen molar-refractivity contribution in [1.82, 2.24) is 4.90 Å². The first kappa shape index (κ1) is 16.6. The molecule has 0 aromatic heterocycles. The predicted octanol–water partition coefficient (Wildman–Crippen LogP) is 3.32. The van der Waals surface area contributed by atoms with E-state index in [1.165, 1.54) is 7.11 Å². The molecule has 116 valence electrons. The standard InChI is InChI=1S/C15H19Cl2NO3/c1-20-15(19)3-2-6-18-7-8-21-14(10-18)11-4-5-12(16)13(17)9-11/h4-5,9,14H,2-3,6-8,10H2,1H3/t14-/m1/s1. The van der Waals surface area contributed by atoms with Crippen LogP contribution in [0.1, 0.15) is 24.5 Å². The normalized spacial score (nSPS) is 19.5. The van der Waals surface area contributed by atoms with Crippen LogP contribution in [0.25, 0.3) is 0 Å². The maximum Gasteiger partial charge on any atom is 0.305 e. The molecule has 1 saturated heterocycles. The molecule has 1 aliphatic rings. The van der Waals surface area contributed by atoms with Crippen molar-refractivity contribution < 1.29 is 14.3 Å². The second kappa shape index (κ2) is 7.99. The fraction of sp³-hybridized carbons (Fsp3) is 0.533. The van der Waals surface area contributed by atoms with E-state index in [0.717, 1.165) is 31.6 Å². The number of ether oxygens (including phenoxy) is 2. The van der Waals surface area contributed by atoms with Gasteiger partial charge < -0.3 is 9.47 Å². The maximum absolute atomic E-state index is 11.1. The Hall–Kier alpha value is -0.810. The third-order valence-corrected chi connectivity index (χ3v) is 4.29. The zero-order valence-corrected chi connectivity index (χ0v) is 13.5. The average molecular weight is 332 g/mol. The molecule has 1 aliphatic heterocycles. The van der Waals surface area contributed by atoms with E-state index in [1.807, 2.05) is 12.1 Å². The highest BCUT2D eigenvalue weighted by atomic mass is 35.5. The second-order valence-electron chi connectivity index (χ2n) is 5.01. The van der Waals surface area contributed by atoms with E-state index in [-0.39, 0.29) is 12.1 Å². The average Bonchev–Trinajstić information content (AvgIpc) is 2.50. The minimum atomic E-state index is -0.163. The van der Waals surface area contributed by atoms with Gasteiger partial charge in [0.25, 0.3) is 0 Å². The van der Waals surface area contributed by atoms with Crippen molar-refractivity contribution >= 4 is 29.2 Å². The third-order valence-electron chi connectivity index (χ3n) is 3.55. The molecular weight excluding hydrogens is 313 g/mol. The number of hydrogen-bond acceptors (Lipinski definition) is 4. The number of methoxy groups -OCH3 is 1. The summed E-state index contributed by atoms with van der Waals surface area (Å²) in [6.07, 6.45) is 1.23. The monoisotopic (exact) mass is 331 g/mol. The second-order valence-corrected chi connectivity index (χ2v) is 5.83. The van der Waals surface area contributed by atoms with Gasteiger partial charge >= 0.3 is 5.97 Å². The van der Waals surface area contributed by atoms with E-state index in [0.29, 0.717) is 23.1 Å². The molecule has 1 aromatic rings. The molecule has 6 heteroatoms. The van der Waals surface area contributed by atoms with Crippen molar-refractivity contribution in [3.63, 3.8) is 0 Å². The van der Waals surface area contributed by atoms with Crippen molar-refractivity contribution in [3.05, 3.63) is 33.8 Å². The Labute approximate surface area is 134 Å². The van der Waals surface area contributed by atoms with E-state index >= 15 is 0 Å². The highest BCUT2D eigenvalue weighted by Gasteiger charge is 2.22. The highest BCUT2D eigenvalue weighted by Crippen LogP contribution is 2.29. The molecule has 2 rings (SSSR count). The van der Waals surface area contributed by atoms with E-state index in [4.69, 9.17) is 27.9 Å². The summed E-state index contributed by atoms with van der Waals surface area (Å²) in [5.74, 6) is -0.163. The molecule has 0 radical (unpaired) electrons. The quantitative estimate of drug-likeness (QED) is 0.776. The van der Waals surface area contributed by atoms with Crippen LogP contribution in [-0.2, 0) is 14.3 Å². The number of benzene rings is 1. The Bertz CT molecular complexity index is 496. The van der Waals surface area contributed by atoms with Crippen LogP contribution in [-0.4, -0.2) is 44.2 Å². The predicted molar refractivity (Wildman–Crippen MR) is 82.8 cm³/mol. The largest absolute Gasteiger partial charge is 0.469 e. The summed E-state index contributed by atoms with van der Waals surface area (Å²) in [5, 5.41) is 1.09. The van der Waals surface area contributed by atoms with Crippen LogP contribution in [0.3, 0.4) is 0 Å². The number of esters is 1. The van der Waals surface area contributed by atoms with Crippen LogP contribution in [0.2, 0.25) is 10.0 Å². The highest BCUT2D eigenvalue weighted by molar-refractivity contribution is 6.42.